The van der Waals surface area contributed by atoms with Crippen LogP contribution in [0.15, 0.2) is 48.8 Å². The number of anilines is 1. The van der Waals surface area contributed by atoms with Crippen molar-refractivity contribution in [1.82, 2.24) is 9.88 Å². The molecule has 3 rings (SSSR count). The van der Waals surface area contributed by atoms with Gasteiger partial charge in [0, 0.05) is 37.7 Å². The first-order chi connectivity index (χ1) is 12.8. The van der Waals surface area contributed by atoms with E-state index in [0.29, 0.717) is 12.2 Å². The Morgan fingerprint density at radius 1 is 1.04 bits per heavy atom. The molecule has 1 aromatic carbocycles. The molecule has 6 heteroatoms. The normalized spacial score (nSPS) is 13.7. The Labute approximate surface area is 153 Å². The van der Waals surface area contributed by atoms with Crippen LogP contribution in [0.3, 0.4) is 0 Å². The molecule has 0 aliphatic carbocycles. The summed E-state index contributed by atoms with van der Waals surface area (Å²) in [5, 5.41) is 8.77. The molecule has 0 spiro atoms. The number of ether oxygens (including phenoxy) is 1. The number of carbonyl (C=O) groups excluding carboxylic acids is 1. The summed E-state index contributed by atoms with van der Waals surface area (Å²) in [6.07, 6.45) is 6.33. The van der Waals surface area contributed by atoms with Crippen LogP contribution in [-0.2, 0) is 0 Å². The van der Waals surface area contributed by atoms with E-state index in [-0.39, 0.29) is 6.03 Å². The van der Waals surface area contributed by atoms with Crippen LogP contribution in [-0.4, -0.2) is 42.2 Å². The summed E-state index contributed by atoms with van der Waals surface area (Å²) in [5.41, 5.74) is 1.54. The predicted molar refractivity (Wildman–Crippen MR) is 99.1 cm³/mol. The maximum Gasteiger partial charge on any atom is 0.324 e. The number of hydrogen-bond acceptors (Lipinski definition) is 4. The summed E-state index contributed by atoms with van der Waals surface area (Å²) in [6, 6.07) is 13.0. The number of amides is 2. The van der Waals surface area contributed by atoms with Gasteiger partial charge in [0.25, 0.3) is 0 Å². The quantitative estimate of drug-likeness (QED) is 0.684. The molecule has 1 aliphatic rings. The first-order valence-electron chi connectivity index (χ1n) is 8.87. The fraction of sp³-hybridized carbons (Fsp3) is 0.350. The average molecular weight is 350 g/mol. The lowest BCUT2D eigenvalue weighted by molar-refractivity contribution is 0.219. The Kier molecular flexibility index (Phi) is 6.05. The second kappa shape index (κ2) is 8.86. The minimum Gasteiger partial charge on any atom is -0.494 e. The van der Waals surface area contributed by atoms with Crippen molar-refractivity contribution in [1.29, 1.82) is 5.26 Å². The molecule has 0 unspecified atom stereocenters. The third-order valence-corrected chi connectivity index (χ3v) is 4.39. The summed E-state index contributed by atoms with van der Waals surface area (Å²) in [4.78, 5) is 20.1. The van der Waals surface area contributed by atoms with Crippen LogP contribution < -0.4 is 9.64 Å². The smallest absolute Gasteiger partial charge is 0.324 e. The SMILES string of the molecule is N#Cc1ccc(OCCCCCN2CCN(c3ccncc3)C2=O)cc1. The highest BCUT2D eigenvalue weighted by Crippen LogP contribution is 2.19. The monoisotopic (exact) mass is 350 g/mol. The number of aromatic nitrogens is 1. The molecule has 134 valence electrons. The van der Waals surface area contributed by atoms with Crippen LogP contribution in [0.4, 0.5) is 10.5 Å². The second-order valence-electron chi connectivity index (χ2n) is 6.17. The number of pyridine rings is 1. The average Bonchev–Trinajstić information content (AvgIpc) is 3.06. The van der Waals surface area contributed by atoms with Gasteiger partial charge in [-0.25, -0.2) is 4.79 Å². The number of benzene rings is 1. The van der Waals surface area contributed by atoms with Crippen molar-refractivity contribution in [3.8, 4) is 11.8 Å². The van der Waals surface area contributed by atoms with Crippen LogP contribution in [0, 0.1) is 11.3 Å². The number of nitriles is 1. The van der Waals surface area contributed by atoms with E-state index in [1.54, 1.807) is 29.4 Å². The Hall–Kier alpha value is -3.07. The third kappa shape index (κ3) is 4.51. The summed E-state index contributed by atoms with van der Waals surface area (Å²) in [7, 11) is 0. The molecule has 2 heterocycles. The van der Waals surface area contributed by atoms with Gasteiger partial charge in [0.2, 0.25) is 0 Å². The zero-order valence-corrected chi connectivity index (χ0v) is 14.7. The van der Waals surface area contributed by atoms with E-state index >= 15 is 0 Å². The molecule has 0 N–H and O–H groups in total. The Balaban J connectivity index is 1.33. The van der Waals surface area contributed by atoms with Crippen molar-refractivity contribution in [2.45, 2.75) is 19.3 Å². The largest absolute Gasteiger partial charge is 0.494 e. The molecule has 0 bridgehead atoms. The molecule has 1 aliphatic heterocycles. The summed E-state index contributed by atoms with van der Waals surface area (Å²) >= 11 is 0. The summed E-state index contributed by atoms with van der Waals surface area (Å²) in [6.45, 7) is 2.91. The lowest BCUT2D eigenvalue weighted by atomic mass is 10.2. The van der Waals surface area contributed by atoms with Crippen LogP contribution >= 0.6 is 0 Å². The third-order valence-electron chi connectivity index (χ3n) is 4.39. The highest BCUT2D eigenvalue weighted by molar-refractivity contribution is 5.93. The number of nitrogens with zero attached hydrogens (tertiary/aromatic N) is 4. The van der Waals surface area contributed by atoms with Crippen molar-refractivity contribution in [2.75, 3.05) is 31.1 Å². The van der Waals surface area contributed by atoms with Gasteiger partial charge in [-0.1, -0.05) is 0 Å². The number of unbranched alkanes of at least 4 members (excludes halogenated alkanes) is 2. The molecular weight excluding hydrogens is 328 g/mol. The van der Waals surface area contributed by atoms with Gasteiger partial charge >= 0.3 is 6.03 Å². The van der Waals surface area contributed by atoms with Gasteiger partial charge in [0.1, 0.15) is 5.75 Å². The van der Waals surface area contributed by atoms with Crippen LogP contribution in [0.1, 0.15) is 24.8 Å². The second-order valence-corrected chi connectivity index (χ2v) is 6.17. The van der Waals surface area contributed by atoms with E-state index in [9.17, 15) is 4.79 Å². The van der Waals surface area contributed by atoms with E-state index in [1.807, 2.05) is 29.2 Å². The molecule has 0 radical (unpaired) electrons. The van der Waals surface area contributed by atoms with E-state index in [0.717, 1.165) is 50.3 Å². The molecule has 0 atom stereocenters. The molecule has 1 saturated heterocycles. The zero-order chi connectivity index (χ0) is 18.2. The first-order valence-corrected chi connectivity index (χ1v) is 8.87. The van der Waals surface area contributed by atoms with Crippen LogP contribution in [0.25, 0.3) is 0 Å². The summed E-state index contributed by atoms with van der Waals surface area (Å²) in [5.74, 6) is 0.784. The van der Waals surface area contributed by atoms with Gasteiger partial charge in [0.05, 0.1) is 18.2 Å². The van der Waals surface area contributed by atoms with Crippen LogP contribution in [0.5, 0.6) is 5.75 Å². The minimum atomic E-state index is 0.0741. The van der Waals surface area contributed by atoms with E-state index in [4.69, 9.17) is 10.00 Å². The molecule has 1 aromatic heterocycles. The van der Waals surface area contributed by atoms with E-state index < -0.39 is 0 Å². The number of carbonyl (C=O) groups is 1. The summed E-state index contributed by atoms with van der Waals surface area (Å²) < 4.78 is 5.67. The molecule has 26 heavy (non-hydrogen) atoms. The Bertz CT molecular complexity index is 756. The molecule has 1 fully saturated rings. The minimum absolute atomic E-state index is 0.0741. The van der Waals surface area contributed by atoms with Gasteiger partial charge in [-0.2, -0.15) is 5.26 Å². The lowest BCUT2D eigenvalue weighted by Crippen LogP contribution is -2.32. The Morgan fingerprint density at radius 3 is 2.54 bits per heavy atom. The number of rotatable bonds is 8. The number of hydrogen-bond donors (Lipinski definition) is 0. The predicted octanol–water partition coefficient (Wildman–Crippen LogP) is 3.44. The topological polar surface area (TPSA) is 69.5 Å². The molecule has 2 aromatic rings. The van der Waals surface area contributed by atoms with Crippen molar-refractivity contribution in [3.63, 3.8) is 0 Å². The van der Waals surface area contributed by atoms with Gasteiger partial charge < -0.3 is 9.64 Å². The maximum atomic E-state index is 12.4. The highest BCUT2D eigenvalue weighted by atomic mass is 16.5. The molecular formula is C20H22N4O2. The van der Waals surface area contributed by atoms with Crippen molar-refractivity contribution >= 4 is 11.7 Å². The lowest BCUT2D eigenvalue weighted by Gasteiger charge is -2.18. The maximum absolute atomic E-state index is 12.4. The highest BCUT2D eigenvalue weighted by Gasteiger charge is 2.28. The first kappa shape index (κ1) is 17.7. The van der Waals surface area contributed by atoms with Crippen molar-refractivity contribution < 1.29 is 9.53 Å². The Morgan fingerprint density at radius 2 is 1.81 bits per heavy atom. The fourth-order valence-electron chi connectivity index (χ4n) is 2.95. The van der Waals surface area contributed by atoms with Crippen molar-refractivity contribution in [2.24, 2.45) is 0 Å². The van der Waals surface area contributed by atoms with Crippen LogP contribution in [0.2, 0.25) is 0 Å². The fourth-order valence-corrected chi connectivity index (χ4v) is 2.95. The van der Waals surface area contributed by atoms with Gasteiger partial charge in [-0.05, 0) is 55.7 Å². The van der Waals surface area contributed by atoms with Gasteiger partial charge in [-0.15, -0.1) is 0 Å². The zero-order valence-electron chi connectivity index (χ0n) is 14.7. The molecule has 2 amide bonds. The van der Waals surface area contributed by atoms with Gasteiger partial charge in [0.15, 0.2) is 0 Å². The number of urea groups is 1. The molecule has 0 saturated carbocycles. The van der Waals surface area contributed by atoms with E-state index in [2.05, 4.69) is 11.1 Å². The van der Waals surface area contributed by atoms with Crippen molar-refractivity contribution in [3.05, 3.63) is 54.4 Å². The molecule has 6 nitrogen and oxygen atoms in total. The standard InChI is InChI=1S/C20H22N4O2/c21-16-17-4-6-19(7-5-17)26-15-3-1-2-12-23-13-14-24(20(23)25)18-8-10-22-11-9-18/h4-11H,1-3,12-15H2. The van der Waals surface area contributed by atoms with E-state index in [1.165, 1.54) is 0 Å². The van der Waals surface area contributed by atoms with Gasteiger partial charge in [-0.3, -0.25) is 9.88 Å².